The van der Waals surface area contributed by atoms with E-state index < -0.39 is 0 Å². The molecule has 0 N–H and O–H groups in total. The van der Waals surface area contributed by atoms with Crippen molar-refractivity contribution in [3.8, 4) is 33.6 Å². The molecule has 0 radical (unpaired) electrons. The van der Waals surface area contributed by atoms with Gasteiger partial charge in [-0.15, -0.1) is 0 Å². The van der Waals surface area contributed by atoms with Crippen LogP contribution < -0.4 is 31.1 Å². The molecule has 0 atom stereocenters. The molecule has 0 amide bonds. The molecule has 4 nitrogen and oxygen atoms in total. The number of nitrogens with zero attached hydrogens (tertiary/aromatic N) is 3. The minimum absolute atomic E-state index is 0.0723. The molecule has 368 valence electrons. The number of hydrogen-bond acceptors (Lipinski definition) is 4. The molecule has 0 fully saturated rings. The van der Waals surface area contributed by atoms with Crippen molar-refractivity contribution in [1.29, 1.82) is 0 Å². The van der Waals surface area contributed by atoms with Gasteiger partial charge in [-0.25, -0.2) is 0 Å². The molecule has 13 rings (SSSR count). The highest BCUT2D eigenvalue weighted by atomic mass is 16.3. The molecular weight excluding hydrogens is 922 g/mol. The van der Waals surface area contributed by atoms with Crippen molar-refractivity contribution in [3.63, 3.8) is 0 Å². The van der Waals surface area contributed by atoms with Crippen LogP contribution in [0.5, 0.6) is 0 Å². The molecule has 5 heteroatoms. The monoisotopic (exact) mass is 981 g/mol. The first kappa shape index (κ1) is 47.0. The Labute approximate surface area is 448 Å². The molecule has 0 bridgehead atoms. The van der Waals surface area contributed by atoms with Crippen LogP contribution in [0.15, 0.2) is 235 Å². The Morgan fingerprint density at radius 2 is 1.04 bits per heavy atom. The van der Waals surface area contributed by atoms with Gasteiger partial charge >= 0.3 is 0 Å². The molecule has 0 saturated carbocycles. The number of para-hydroxylation sites is 3. The van der Waals surface area contributed by atoms with Crippen molar-refractivity contribution in [3.05, 3.63) is 253 Å². The standard InChI is InChI=1S/C71H60BN3O/c1-46(2)53-41-65-69-66(42-53)75(70-47(3)21-19-22-48(70)4)64-45-59(73(57-29-15-10-16-30-57)58-31-20-28-51(38-58)68-43-52-27-17-18-32-67(52)76-68)34-35-61(64)72(69)62-44-56(71(5,6)7)33-36-63(62)74(65)60-39-54(49-23-11-8-12-24-49)37-55(40-60)50-25-13-9-14-26-50/h8-46H,1-7H3. The van der Waals surface area contributed by atoms with Crippen LogP contribution in [0, 0.1) is 13.8 Å². The van der Waals surface area contributed by atoms with Crippen molar-refractivity contribution in [2.24, 2.45) is 0 Å². The first-order chi connectivity index (χ1) is 37.0. The number of hydrogen-bond donors (Lipinski definition) is 0. The Morgan fingerprint density at radius 3 is 1.70 bits per heavy atom. The summed E-state index contributed by atoms with van der Waals surface area (Å²) in [5.41, 5.74) is 25.8. The van der Waals surface area contributed by atoms with Crippen molar-refractivity contribution >= 4 is 85.3 Å². The van der Waals surface area contributed by atoms with E-state index in [1.807, 2.05) is 12.1 Å². The van der Waals surface area contributed by atoms with Crippen LogP contribution in [0.1, 0.15) is 62.8 Å². The number of aryl methyl sites for hydroxylation is 2. The van der Waals surface area contributed by atoms with Crippen LogP contribution >= 0.6 is 0 Å². The molecule has 76 heavy (non-hydrogen) atoms. The number of fused-ring (bicyclic) bond motifs is 5. The summed E-state index contributed by atoms with van der Waals surface area (Å²) in [7, 11) is 0. The predicted octanol–water partition coefficient (Wildman–Crippen LogP) is 18.0. The summed E-state index contributed by atoms with van der Waals surface area (Å²) in [6.07, 6.45) is 0. The quantitative estimate of drug-likeness (QED) is 0.134. The lowest BCUT2D eigenvalue weighted by molar-refractivity contribution is 0.591. The van der Waals surface area contributed by atoms with E-state index in [2.05, 4.69) is 282 Å². The molecule has 1 aromatic heterocycles. The summed E-state index contributed by atoms with van der Waals surface area (Å²) in [6, 6.07) is 85.1. The van der Waals surface area contributed by atoms with Gasteiger partial charge in [0, 0.05) is 56.4 Å². The molecule has 0 aliphatic carbocycles. The molecule has 11 aromatic rings. The van der Waals surface area contributed by atoms with Crippen LogP contribution in [0.25, 0.3) is 44.5 Å². The van der Waals surface area contributed by atoms with Gasteiger partial charge in [-0.2, -0.15) is 0 Å². The van der Waals surface area contributed by atoms with Gasteiger partial charge in [0.05, 0.1) is 5.69 Å². The average molecular weight is 982 g/mol. The number of benzene rings is 10. The van der Waals surface area contributed by atoms with Gasteiger partial charge in [0.15, 0.2) is 0 Å². The smallest absolute Gasteiger partial charge is 0.252 e. The first-order valence-electron chi connectivity index (χ1n) is 26.8. The normalized spacial score (nSPS) is 12.7. The molecule has 0 unspecified atom stereocenters. The van der Waals surface area contributed by atoms with E-state index in [9.17, 15) is 0 Å². The highest BCUT2D eigenvalue weighted by Crippen LogP contribution is 2.50. The van der Waals surface area contributed by atoms with E-state index in [0.717, 1.165) is 45.0 Å². The third-order valence-electron chi connectivity index (χ3n) is 15.7. The van der Waals surface area contributed by atoms with E-state index in [1.165, 1.54) is 89.3 Å². The zero-order valence-electron chi connectivity index (χ0n) is 44.3. The Hall–Kier alpha value is -8.80. The van der Waals surface area contributed by atoms with E-state index in [1.54, 1.807) is 0 Å². The van der Waals surface area contributed by atoms with E-state index in [0.29, 0.717) is 0 Å². The first-order valence-corrected chi connectivity index (χ1v) is 26.8. The average Bonchev–Trinajstić information content (AvgIpc) is 4.04. The third-order valence-corrected chi connectivity index (χ3v) is 15.7. The Bertz CT molecular complexity index is 3890. The van der Waals surface area contributed by atoms with Crippen LogP contribution in [0.4, 0.5) is 51.2 Å². The third kappa shape index (κ3) is 8.10. The fraction of sp³-hybridized carbons (Fsp3) is 0.127. The van der Waals surface area contributed by atoms with Crippen LogP contribution in [0.2, 0.25) is 0 Å². The maximum atomic E-state index is 6.48. The Morgan fingerprint density at radius 1 is 0.447 bits per heavy atom. The maximum Gasteiger partial charge on any atom is 0.252 e. The molecular formula is C71H60BN3O. The lowest BCUT2D eigenvalue weighted by atomic mass is 9.33. The Kier molecular flexibility index (Phi) is 11.5. The van der Waals surface area contributed by atoms with E-state index >= 15 is 0 Å². The summed E-state index contributed by atoms with van der Waals surface area (Å²) in [4.78, 5) is 7.61. The SMILES string of the molecule is Cc1cccc(C)c1N1c2cc(N(c3ccccc3)c3cccc(-c4cc5ccccc5o4)c3)ccc2B2c3cc(C(C)(C)C)ccc3N(c3cc(-c4ccccc4)cc(-c4ccccc4)c3)c3cc(C(C)C)cc1c32. The second-order valence-electron chi connectivity index (χ2n) is 22.1. The fourth-order valence-corrected chi connectivity index (χ4v) is 11.9. The van der Waals surface area contributed by atoms with Crippen molar-refractivity contribution in [2.75, 3.05) is 14.7 Å². The molecule has 2 aliphatic rings. The van der Waals surface area contributed by atoms with E-state index in [-0.39, 0.29) is 18.0 Å². The van der Waals surface area contributed by atoms with E-state index in [4.69, 9.17) is 4.42 Å². The molecule has 0 saturated heterocycles. The van der Waals surface area contributed by atoms with Crippen molar-refractivity contribution in [2.45, 2.75) is 59.8 Å². The zero-order valence-corrected chi connectivity index (χ0v) is 44.3. The fourth-order valence-electron chi connectivity index (χ4n) is 11.9. The number of rotatable bonds is 9. The van der Waals surface area contributed by atoms with Crippen LogP contribution in [-0.4, -0.2) is 6.71 Å². The second kappa shape index (κ2) is 18.5. The topological polar surface area (TPSA) is 22.9 Å². The molecule has 2 aliphatic heterocycles. The van der Waals surface area contributed by atoms with Gasteiger partial charge in [-0.3, -0.25) is 0 Å². The van der Waals surface area contributed by atoms with Crippen LogP contribution in [0.3, 0.4) is 0 Å². The minimum Gasteiger partial charge on any atom is -0.456 e. The zero-order chi connectivity index (χ0) is 51.8. The van der Waals surface area contributed by atoms with Crippen molar-refractivity contribution in [1.82, 2.24) is 0 Å². The molecule has 0 spiro atoms. The van der Waals surface area contributed by atoms with Gasteiger partial charge in [0.1, 0.15) is 11.3 Å². The summed E-state index contributed by atoms with van der Waals surface area (Å²) < 4.78 is 6.48. The largest absolute Gasteiger partial charge is 0.456 e. The highest BCUT2D eigenvalue weighted by Gasteiger charge is 2.45. The number of anilines is 9. The lowest BCUT2D eigenvalue weighted by Gasteiger charge is -2.46. The Balaban J connectivity index is 1.09. The molecule has 10 aromatic carbocycles. The lowest BCUT2D eigenvalue weighted by Crippen LogP contribution is -2.61. The van der Waals surface area contributed by atoms with Gasteiger partial charge in [-0.1, -0.05) is 180 Å². The van der Waals surface area contributed by atoms with Crippen molar-refractivity contribution < 1.29 is 4.42 Å². The summed E-state index contributed by atoms with van der Waals surface area (Å²) >= 11 is 0. The van der Waals surface area contributed by atoms with Gasteiger partial charge in [-0.05, 0) is 171 Å². The predicted molar refractivity (Wildman–Crippen MR) is 323 cm³/mol. The maximum absolute atomic E-state index is 6.48. The summed E-state index contributed by atoms with van der Waals surface area (Å²) in [5.74, 6) is 1.10. The summed E-state index contributed by atoms with van der Waals surface area (Å²) in [5, 5.41) is 1.09. The van der Waals surface area contributed by atoms with Gasteiger partial charge in [0.2, 0.25) is 0 Å². The molecule has 3 heterocycles. The van der Waals surface area contributed by atoms with Gasteiger partial charge in [0.25, 0.3) is 6.71 Å². The summed E-state index contributed by atoms with van der Waals surface area (Å²) in [6.45, 7) is 16.2. The number of furan rings is 1. The minimum atomic E-state index is -0.0864. The van der Waals surface area contributed by atoms with Crippen LogP contribution in [-0.2, 0) is 5.41 Å². The second-order valence-corrected chi connectivity index (χ2v) is 22.1. The van der Waals surface area contributed by atoms with Gasteiger partial charge < -0.3 is 19.1 Å². The highest BCUT2D eigenvalue weighted by molar-refractivity contribution is 7.00.